The molecular weight excluding hydrogens is 256 g/mol. The zero-order valence-corrected chi connectivity index (χ0v) is 11.9. The van der Waals surface area contributed by atoms with Crippen LogP contribution in [0.1, 0.15) is 0 Å². The fraction of sp³-hybridized carbons (Fsp3) is 0.125. The predicted octanol–water partition coefficient (Wildman–Crippen LogP) is 5.40. The number of benzene rings is 2. The lowest BCUT2D eigenvalue weighted by Gasteiger charge is -2.11. The van der Waals surface area contributed by atoms with E-state index in [0.29, 0.717) is 0 Å². The van der Waals surface area contributed by atoms with Crippen molar-refractivity contribution in [2.24, 2.45) is 0 Å². The SMILES string of the molecule is C=CCSc1ccc2ccccc2c1SCC=C. The van der Waals surface area contributed by atoms with Crippen LogP contribution in [0.25, 0.3) is 10.8 Å². The first-order valence-electron chi connectivity index (χ1n) is 5.86. The molecule has 0 aliphatic carbocycles. The third-order valence-corrected chi connectivity index (χ3v) is 4.86. The van der Waals surface area contributed by atoms with Gasteiger partial charge in [-0.15, -0.1) is 36.7 Å². The van der Waals surface area contributed by atoms with Gasteiger partial charge >= 0.3 is 0 Å². The van der Waals surface area contributed by atoms with E-state index in [4.69, 9.17) is 0 Å². The van der Waals surface area contributed by atoms with Gasteiger partial charge in [-0.2, -0.15) is 0 Å². The largest absolute Gasteiger partial charge is 0.121 e. The normalized spacial score (nSPS) is 10.4. The summed E-state index contributed by atoms with van der Waals surface area (Å²) < 4.78 is 0. The number of hydrogen-bond acceptors (Lipinski definition) is 2. The standard InChI is InChI=1S/C16H16S2/c1-3-11-17-15-10-9-13-7-5-6-8-14(13)16(15)18-12-4-2/h3-10H,1-2,11-12H2. The summed E-state index contributed by atoms with van der Waals surface area (Å²) in [5, 5.41) is 2.63. The lowest BCUT2D eigenvalue weighted by atomic mass is 10.1. The Morgan fingerprint density at radius 3 is 2.39 bits per heavy atom. The van der Waals surface area contributed by atoms with E-state index in [1.165, 1.54) is 20.6 Å². The third-order valence-electron chi connectivity index (χ3n) is 2.55. The van der Waals surface area contributed by atoms with Crippen LogP contribution in [-0.4, -0.2) is 11.5 Å². The van der Waals surface area contributed by atoms with Gasteiger partial charge in [0.1, 0.15) is 0 Å². The second-order valence-electron chi connectivity index (χ2n) is 3.81. The minimum Gasteiger partial charge on any atom is -0.121 e. The molecule has 0 aliphatic heterocycles. The maximum atomic E-state index is 3.80. The topological polar surface area (TPSA) is 0 Å². The lowest BCUT2D eigenvalue weighted by molar-refractivity contribution is 1.30. The zero-order chi connectivity index (χ0) is 12.8. The van der Waals surface area contributed by atoms with Crippen LogP contribution in [0.4, 0.5) is 0 Å². The van der Waals surface area contributed by atoms with Crippen LogP contribution in [0.15, 0.2) is 71.5 Å². The van der Waals surface area contributed by atoms with Gasteiger partial charge in [0, 0.05) is 21.3 Å². The molecule has 18 heavy (non-hydrogen) atoms. The van der Waals surface area contributed by atoms with Crippen molar-refractivity contribution in [3.63, 3.8) is 0 Å². The molecule has 0 fully saturated rings. The minimum absolute atomic E-state index is 0.940. The van der Waals surface area contributed by atoms with Gasteiger partial charge in [-0.3, -0.25) is 0 Å². The summed E-state index contributed by atoms with van der Waals surface area (Å²) in [7, 11) is 0. The van der Waals surface area contributed by atoms with Crippen molar-refractivity contribution in [2.45, 2.75) is 9.79 Å². The molecule has 0 spiro atoms. The maximum Gasteiger partial charge on any atom is 0.0290 e. The summed E-state index contributed by atoms with van der Waals surface area (Å²) in [4.78, 5) is 2.69. The first kappa shape index (κ1) is 13.3. The fourth-order valence-electron chi connectivity index (χ4n) is 1.78. The summed E-state index contributed by atoms with van der Waals surface area (Å²) in [5.41, 5.74) is 0. The van der Waals surface area contributed by atoms with Crippen molar-refractivity contribution in [3.05, 3.63) is 61.7 Å². The van der Waals surface area contributed by atoms with Crippen molar-refractivity contribution in [2.75, 3.05) is 11.5 Å². The molecule has 2 heteroatoms. The Morgan fingerprint density at radius 2 is 1.61 bits per heavy atom. The van der Waals surface area contributed by atoms with Crippen LogP contribution in [0.3, 0.4) is 0 Å². The van der Waals surface area contributed by atoms with E-state index in [0.717, 1.165) is 11.5 Å². The van der Waals surface area contributed by atoms with Crippen molar-refractivity contribution in [1.82, 2.24) is 0 Å². The van der Waals surface area contributed by atoms with E-state index in [1.54, 1.807) is 0 Å². The van der Waals surface area contributed by atoms with E-state index in [2.05, 4.69) is 49.6 Å². The minimum atomic E-state index is 0.940. The second kappa shape index (κ2) is 6.72. The van der Waals surface area contributed by atoms with Gasteiger partial charge in [-0.1, -0.05) is 42.5 Å². The van der Waals surface area contributed by atoms with Crippen LogP contribution in [0, 0.1) is 0 Å². The molecule has 0 aromatic heterocycles. The molecule has 0 N–H and O–H groups in total. The summed E-state index contributed by atoms with van der Waals surface area (Å²) in [6.07, 6.45) is 3.90. The average molecular weight is 272 g/mol. The van der Waals surface area contributed by atoms with E-state index in [9.17, 15) is 0 Å². The first-order valence-corrected chi connectivity index (χ1v) is 7.83. The number of hydrogen-bond donors (Lipinski definition) is 0. The predicted molar refractivity (Wildman–Crippen MR) is 85.8 cm³/mol. The molecule has 2 aromatic rings. The van der Waals surface area contributed by atoms with E-state index >= 15 is 0 Å². The Balaban J connectivity index is 2.47. The Hall–Kier alpha value is -1.12. The summed E-state index contributed by atoms with van der Waals surface area (Å²) in [6, 6.07) is 12.9. The second-order valence-corrected chi connectivity index (χ2v) is 5.91. The number of rotatable bonds is 6. The summed E-state index contributed by atoms with van der Waals surface area (Å²) >= 11 is 3.69. The van der Waals surface area contributed by atoms with E-state index in [1.807, 2.05) is 35.7 Å². The first-order chi connectivity index (χ1) is 8.86. The van der Waals surface area contributed by atoms with E-state index in [-0.39, 0.29) is 0 Å². The van der Waals surface area contributed by atoms with Crippen molar-refractivity contribution in [1.29, 1.82) is 0 Å². The van der Waals surface area contributed by atoms with Crippen LogP contribution >= 0.6 is 23.5 Å². The van der Waals surface area contributed by atoms with Crippen LogP contribution in [-0.2, 0) is 0 Å². The average Bonchev–Trinajstić information content (AvgIpc) is 2.43. The molecule has 0 bridgehead atoms. The lowest BCUT2D eigenvalue weighted by Crippen LogP contribution is -1.84. The Kier molecular flexibility index (Phi) is 4.97. The molecule has 2 rings (SSSR count). The third kappa shape index (κ3) is 3.01. The molecule has 0 aliphatic rings. The molecule has 0 saturated heterocycles. The number of fused-ring (bicyclic) bond motifs is 1. The molecule has 0 amide bonds. The van der Waals surface area contributed by atoms with Crippen LogP contribution in [0.5, 0.6) is 0 Å². The summed E-state index contributed by atoms with van der Waals surface area (Å²) in [6.45, 7) is 7.59. The fourth-order valence-corrected chi connectivity index (χ4v) is 3.67. The van der Waals surface area contributed by atoms with Gasteiger partial charge in [0.25, 0.3) is 0 Å². The van der Waals surface area contributed by atoms with Gasteiger partial charge in [-0.05, 0) is 16.8 Å². The van der Waals surface area contributed by atoms with Gasteiger partial charge < -0.3 is 0 Å². The zero-order valence-electron chi connectivity index (χ0n) is 10.3. The Labute approximate surface area is 117 Å². The quantitative estimate of drug-likeness (QED) is 0.510. The Morgan fingerprint density at radius 1 is 0.889 bits per heavy atom. The molecule has 0 saturated carbocycles. The maximum absolute atomic E-state index is 3.80. The highest BCUT2D eigenvalue weighted by atomic mass is 32.2. The molecule has 0 atom stereocenters. The molecule has 0 radical (unpaired) electrons. The Bertz CT molecular complexity index is 558. The van der Waals surface area contributed by atoms with Crippen LogP contribution < -0.4 is 0 Å². The highest BCUT2D eigenvalue weighted by molar-refractivity contribution is 8.02. The summed E-state index contributed by atoms with van der Waals surface area (Å²) in [5.74, 6) is 1.88. The molecule has 0 unspecified atom stereocenters. The van der Waals surface area contributed by atoms with E-state index < -0.39 is 0 Å². The van der Waals surface area contributed by atoms with Crippen molar-refractivity contribution in [3.8, 4) is 0 Å². The van der Waals surface area contributed by atoms with Crippen molar-refractivity contribution >= 4 is 34.3 Å². The van der Waals surface area contributed by atoms with Gasteiger partial charge in [0.05, 0.1) is 0 Å². The van der Waals surface area contributed by atoms with Gasteiger partial charge in [0.15, 0.2) is 0 Å². The smallest absolute Gasteiger partial charge is 0.0290 e. The molecular formula is C16H16S2. The monoisotopic (exact) mass is 272 g/mol. The van der Waals surface area contributed by atoms with Crippen molar-refractivity contribution < 1.29 is 0 Å². The van der Waals surface area contributed by atoms with Gasteiger partial charge in [0.2, 0.25) is 0 Å². The number of thioether (sulfide) groups is 2. The highest BCUT2D eigenvalue weighted by Gasteiger charge is 2.07. The molecule has 0 nitrogen and oxygen atoms in total. The van der Waals surface area contributed by atoms with Gasteiger partial charge in [-0.25, -0.2) is 0 Å². The highest BCUT2D eigenvalue weighted by Crippen LogP contribution is 2.37. The molecule has 92 valence electrons. The van der Waals surface area contributed by atoms with Crippen LogP contribution in [0.2, 0.25) is 0 Å². The molecule has 0 heterocycles. The molecule has 2 aromatic carbocycles.